The van der Waals surface area contributed by atoms with E-state index in [0.29, 0.717) is 28.6 Å². The summed E-state index contributed by atoms with van der Waals surface area (Å²) in [5, 5.41) is 27.0. The van der Waals surface area contributed by atoms with Crippen molar-refractivity contribution in [3.63, 3.8) is 0 Å². The maximum atomic E-state index is 13.4. The largest absolute Gasteiger partial charge is 0.478 e. The molecule has 0 aromatic carbocycles. The number of β-lactam (4-membered cyclic amide) rings is 1. The van der Waals surface area contributed by atoms with Crippen LogP contribution in [0.1, 0.15) is 49.8 Å². The number of amides is 3. The second-order valence-corrected chi connectivity index (χ2v) is 15.7. The lowest BCUT2D eigenvalue weighted by Crippen LogP contribution is -2.71. The maximum absolute atomic E-state index is 13.4. The lowest BCUT2D eigenvalue weighted by Gasteiger charge is -2.49. The number of nitrogens with zero attached hydrogens (tertiary/aromatic N) is 5. The summed E-state index contributed by atoms with van der Waals surface area (Å²) in [4.78, 5) is 80.3. The second kappa shape index (κ2) is 13.6. The maximum Gasteiger partial charge on any atom is 0.352 e. The zero-order chi connectivity index (χ0) is 33.3. The predicted octanol–water partition coefficient (Wildman–Crippen LogP) is 2.17. The molecule has 5 N–H and O–H groups in total. The molecular weight excluding hydrogens is 679 g/mol. The van der Waals surface area contributed by atoms with Gasteiger partial charge >= 0.3 is 11.9 Å². The Balaban J connectivity index is 1.31. The molecule has 5 heterocycles. The molecule has 2 saturated heterocycles. The number of nitrogens with two attached hydrogens (primary N) is 1. The van der Waals surface area contributed by atoms with E-state index in [4.69, 9.17) is 10.6 Å². The van der Waals surface area contributed by atoms with Gasteiger partial charge in [0.05, 0.1) is 9.72 Å². The normalized spacial score (nSPS) is 20.7. The van der Waals surface area contributed by atoms with Gasteiger partial charge in [0.25, 0.3) is 17.7 Å². The number of oxime groups is 1. The van der Waals surface area contributed by atoms with E-state index in [-0.39, 0.29) is 39.6 Å². The Hall–Kier alpha value is -3.68. The van der Waals surface area contributed by atoms with Crippen LogP contribution in [0.15, 0.2) is 31.5 Å². The molecule has 0 spiro atoms. The third-order valence-corrected chi connectivity index (χ3v) is 11.5. The molecule has 46 heavy (non-hydrogen) atoms. The summed E-state index contributed by atoms with van der Waals surface area (Å²) >= 11 is 4.92. The van der Waals surface area contributed by atoms with Crippen LogP contribution in [0.2, 0.25) is 0 Å². The van der Waals surface area contributed by atoms with E-state index in [1.165, 1.54) is 40.2 Å². The van der Waals surface area contributed by atoms with Crippen molar-refractivity contribution < 1.29 is 39.0 Å². The molecule has 0 aliphatic carbocycles. The number of carboxylic acids is 2. The van der Waals surface area contributed by atoms with Gasteiger partial charge in [-0.2, -0.15) is 0 Å². The molecule has 3 atom stereocenters. The standard InChI is InChI=1S/C27H31N7O8S4/c1-27(2,3)18(24(40)41)42-32-14(13-10-45-26(28)30-13)19(35)31-15-21(37)34-17(23(38)39)12(8-43-22(15)34)9-44-25-16(29-11-46-25)20(36)33-6-4-5-7-33/h10-11,15,18,22H,4-9H2,1-3H3,(H2,28,30)(H,31,35)(H,38,39)(H,40,41)/b32-14-/t15?,18?,22-/m0/s1. The SMILES string of the molecule is CC(C)(C)C(O/N=C(\C(=O)NC1C(=O)N2C(C(=O)O)=C(CSc3scnc3C(=O)N3CCCC3)CS[C@@H]12)c1csc(N)n1)C(=O)O. The number of hydrogen-bond donors (Lipinski definition) is 4. The van der Waals surface area contributed by atoms with Crippen LogP contribution < -0.4 is 11.1 Å². The Labute approximate surface area is 279 Å². The van der Waals surface area contributed by atoms with Crippen molar-refractivity contribution in [2.45, 2.75) is 55.3 Å². The van der Waals surface area contributed by atoms with Crippen LogP contribution >= 0.6 is 46.2 Å². The molecule has 0 radical (unpaired) electrons. The van der Waals surface area contributed by atoms with Crippen molar-refractivity contribution in [3.05, 3.63) is 33.5 Å². The smallest absolute Gasteiger partial charge is 0.352 e. The number of anilines is 1. The van der Waals surface area contributed by atoms with Gasteiger partial charge in [-0.3, -0.25) is 19.3 Å². The Morgan fingerprint density at radius 2 is 1.93 bits per heavy atom. The third-order valence-electron chi connectivity index (χ3n) is 7.28. The number of likely N-dealkylation sites (tertiary alicyclic amines) is 1. The number of fused-ring (bicyclic) bond motifs is 1. The molecule has 3 amide bonds. The van der Waals surface area contributed by atoms with E-state index in [1.54, 1.807) is 31.2 Å². The molecule has 2 aromatic rings. The van der Waals surface area contributed by atoms with Crippen molar-refractivity contribution in [2.24, 2.45) is 10.6 Å². The average Bonchev–Trinajstić information content (AvgIpc) is 3.77. The highest BCUT2D eigenvalue weighted by Crippen LogP contribution is 2.42. The van der Waals surface area contributed by atoms with Gasteiger partial charge in [0.1, 0.15) is 22.8 Å². The van der Waals surface area contributed by atoms with Crippen molar-refractivity contribution in [1.82, 2.24) is 25.1 Å². The number of aromatic nitrogens is 2. The molecule has 2 aromatic heterocycles. The second-order valence-electron chi connectivity index (χ2n) is 11.6. The van der Waals surface area contributed by atoms with E-state index in [9.17, 15) is 34.2 Å². The number of aliphatic carboxylic acids is 2. The first-order chi connectivity index (χ1) is 21.8. The monoisotopic (exact) mass is 709 g/mol. The van der Waals surface area contributed by atoms with Crippen LogP contribution in [-0.4, -0.2) is 107 Å². The number of thioether (sulfide) groups is 2. The van der Waals surface area contributed by atoms with E-state index in [1.807, 2.05) is 0 Å². The number of carbonyl (C=O) groups is 5. The Morgan fingerprint density at radius 3 is 2.54 bits per heavy atom. The third kappa shape index (κ3) is 6.86. The Kier molecular flexibility index (Phi) is 9.95. The fraction of sp³-hybridized carbons (Fsp3) is 0.481. The Morgan fingerprint density at radius 1 is 1.22 bits per heavy atom. The highest BCUT2D eigenvalue weighted by atomic mass is 32.2. The summed E-state index contributed by atoms with van der Waals surface area (Å²) in [7, 11) is 0. The quantitative estimate of drug-likeness (QED) is 0.114. The van der Waals surface area contributed by atoms with Crippen LogP contribution in [0.3, 0.4) is 0 Å². The van der Waals surface area contributed by atoms with Gasteiger partial charge in [-0.05, 0) is 18.4 Å². The highest BCUT2D eigenvalue weighted by Gasteiger charge is 2.54. The van der Waals surface area contributed by atoms with Gasteiger partial charge in [0.2, 0.25) is 6.10 Å². The summed E-state index contributed by atoms with van der Waals surface area (Å²) in [6.07, 6.45) is 0.487. The molecule has 19 heteroatoms. The summed E-state index contributed by atoms with van der Waals surface area (Å²) in [5.41, 5.74) is 6.77. The number of carbonyl (C=O) groups excluding carboxylic acids is 3. The lowest BCUT2D eigenvalue weighted by molar-refractivity contribution is -0.158. The van der Waals surface area contributed by atoms with Gasteiger partial charge in [-0.25, -0.2) is 19.6 Å². The number of thiazole rings is 2. The molecule has 3 aliphatic heterocycles. The number of rotatable bonds is 11. The van der Waals surface area contributed by atoms with Gasteiger partial charge in [-0.15, -0.1) is 46.2 Å². The first kappa shape index (κ1) is 33.7. The van der Waals surface area contributed by atoms with Gasteiger partial charge < -0.3 is 31.0 Å². The summed E-state index contributed by atoms with van der Waals surface area (Å²) in [5.74, 6) is -3.73. The molecule has 15 nitrogen and oxygen atoms in total. The first-order valence-electron chi connectivity index (χ1n) is 14.0. The van der Waals surface area contributed by atoms with Crippen molar-refractivity contribution in [2.75, 3.05) is 30.3 Å². The molecule has 0 bridgehead atoms. The van der Waals surface area contributed by atoms with Crippen LogP contribution in [-0.2, 0) is 24.0 Å². The van der Waals surface area contributed by atoms with Crippen molar-refractivity contribution >= 4 is 86.7 Å². The van der Waals surface area contributed by atoms with Crippen molar-refractivity contribution in [1.29, 1.82) is 0 Å². The summed E-state index contributed by atoms with van der Waals surface area (Å²) < 4.78 is 0.676. The fourth-order valence-corrected chi connectivity index (χ4v) is 8.91. The zero-order valence-electron chi connectivity index (χ0n) is 24.9. The zero-order valence-corrected chi connectivity index (χ0v) is 28.2. The van der Waals surface area contributed by atoms with E-state index in [0.717, 1.165) is 29.1 Å². The minimum absolute atomic E-state index is 0.0223. The molecule has 2 unspecified atom stereocenters. The van der Waals surface area contributed by atoms with Gasteiger partial charge in [0, 0.05) is 35.4 Å². The van der Waals surface area contributed by atoms with E-state index < -0.39 is 46.7 Å². The van der Waals surface area contributed by atoms with Crippen LogP contribution in [0, 0.1) is 5.41 Å². The lowest BCUT2D eigenvalue weighted by atomic mass is 9.89. The van der Waals surface area contributed by atoms with Crippen LogP contribution in [0.5, 0.6) is 0 Å². The predicted molar refractivity (Wildman–Crippen MR) is 173 cm³/mol. The molecular formula is C27H31N7O8S4. The summed E-state index contributed by atoms with van der Waals surface area (Å²) in [6.45, 7) is 6.26. The first-order valence-corrected chi connectivity index (χ1v) is 17.8. The molecule has 246 valence electrons. The molecule has 5 rings (SSSR count). The highest BCUT2D eigenvalue weighted by molar-refractivity contribution is 8.02. The van der Waals surface area contributed by atoms with Crippen LogP contribution in [0.4, 0.5) is 5.13 Å². The van der Waals surface area contributed by atoms with Crippen molar-refractivity contribution in [3.8, 4) is 0 Å². The number of nitrogen functional groups attached to an aromatic ring is 1. The summed E-state index contributed by atoms with van der Waals surface area (Å²) in [6, 6.07) is -1.09. The minimum Gasteiger partial charge on any atom is -0.478 e. The topological polar surface area (TPSA) is 218 Å². The molecule has 0 saturated carbocycles. The Bertz CT molecular complexity index is 1620. The van der Waals surface area contributed by atoms with Crippen LogP contribution in [0.25, 0.3) is 0 Å². The molecule has 3 aliphatic rings. The van der Waals surface area contributed by atoms with E-state index >= 15 is 0 Å². The van der Waals surface area contributed by atoms with Gasteiger partial charge in [0.15, 0.2) is 16.5 Å². The van der Waals surface area contributed by atoms with Gasteiger partial charge in [-0.1, -0.05) is 25.9 Å². The fourth-order valence-electron chi connectivity index (χ4n) is 4.99. The number of hydrogen-bond acceptors (Lipinski definition) is 14. The molecule has 2 fully saturated rings. The average molecular weight is 710 g/mol. The number of carboxylic acid groups (broad SMARTS) is 2. The minimum atomic E-state index is -1.40. The number of nitrogens with one attached hydrogen (secondary N) is 1. The van der Waals surface area contributed by atoms with E-state index in [2.05, 4.69) is 20.4 Å².